The number of benzene rings is 12. The molecule has 12 aromatic carbocycles. The maximum absolute atomic E-state index is 9.76. The van der Waals surface area contributed by atoms with Crippen LogP contribution in [0.2, 0.25) is 0 Å². The molecule has 0 atom stereocenters. The van der Waals surface area contributed by atoms with E-state index in [9.17, 15) is 8.22 Å². The van der Waals surface area contributed by atoms with E-state index in [4.69, 9.17) is 2.74 Å². The lowest BCUT2D eigenvalue weighted by Gasteiger charge is -2.46. The third-order valence-corrected chi connectivity index (χ3v) is 19.0. The van der Waals surface area contributed by atoms with E-state index < -0.39 is 30.9 Å². The van der Waals surface area contributed by atoms with Gasteiger partial charge in [-0.2, -0.15) is 0 Å². The van der Waals surface area contributed by atoms with E-state index in [2.05, 4.69) is 305 Å². The number of hydrogen-bond donors (Lipinski definition) is 0. The van der Waals surface area contributed by atoms with Gasteiger partial charge in [-0.25, -0.2) is 0 Å². The van der Waals surface area contributed by atoms with Crippen molar-refractivity contribution in [3.63, 3.8) is 0 Å². The minimum absolute atomic E-state index is 0.0207. The van der Waals surface area contributed by atoms with Gasteiger partial charge in [0.2, 0.25) is 0 Å². The summed E-state index contributed by atoms with van der Waals surface area (Å²) in [6.45, 7) is 26.9. The van der Waals surface area contributed by atoms with Crippen molar-refractivity contribution in [2.24, 2.45) is 0 Å². The second-order valence-corrected chi connectivity index (χ2v) is 29.2. The van der Waals surface area contributed by atoms with Crippen molar-refractivity contribution in [1.82, 2.24) is 4.57 Å². The van der Waals surface area contributed by atoms with Crippen LogP contribution in [0, 0.1) is 0 Å². The zero-order chi connectivity index (χ0) is 70.5. The molecule has 2 aliphatic rings. The standard InChI is InChI=1S/C88H80BN3/c1-85(2,3)63-48-62(49-64(51-63)86(4,5)6)61-44-47-78-75(50-61)89-74-46-45-67(90-76-40-27-25-38-68(76)69-39-26-28-41-77(69)90)56-81(74)92(84-72(59-34-21-15-22-35-59)54-66(88(10,11)12)55-73(84)60-36-23-16-24-37-60)80-43-29-42-79(82(80)89)91(78)83-70(57-30-17-13-18-31-57)52-65(87(7,8)9)53-71(83)58-32-19-14-20-33-58/h13-56H,1-12H3/i25D,26D,27D,28D,38D,39D,40D,41D. The molecule has 0 saturated heterocycles. The fraction of sp³-hybridized carbons (Fsp3) is 0.182. The largest absolute Gasteiger partial charge is 0.310 e. The summed E-state index contributed by atoms with van der Waals surface area (Å²) in [4.78, 5) is 4.98. The van der Waals surface area contributed by atoms with Crippen LogP contribution < -0.4 is 26.2 Å². The van der Waals surface area contributed by atoms with E-state index in [0.717, 1.165) is 112 Å². The molecule has 3 heterocycles. The topological polar surface area (TPSA) is 11.4 Å². The van der Waals surface area contributed by atoms with Crippen molar-refractivity contribution >= 4 is 79.0 Å². The summed E-state index contributed by atoms with van der Waals surface area (Å²) in [5.74, 6) is 0. The predicted octanol–water partition coefficient (Wildman–Crippen LogP) is 22.4. The van der Waals surface area contributed by atoms with Crippen LogP contribution in [-0.2, 0) is 21.7 Å². The molecule has 0 unspecified atom stereocenters. The smallest absolute Gasteiger partial charge is 0.252 e. The van der Waals surface area contributed by atoms with Gasteiger partial charge in [-0.3, -0.25) is 0 Å². The Bertz CT molecular complexity index is 5280. The number of fused-ring (bicyclic) bond motifs is 7. The van der Waals surface area contributed by atoms with Crippen molar-refractivity contribution in [2.45, 2.75) is 105 Å². The molecule has 3 nitrogen and oxygen atoms in total. The molecule has 0 spiro atoms. The maximum Gasteiger partial charge on any atom is 0.252 e. The fourth-order valence-corrected chi connectivity index (χ4v) is 14.0. The van der Waals surface area contributed by atoms with Gasteiger partial charge < -0.3 is 14.4 Å². The number of nitrogens with zero attached hydrogens (tertiary/aromatic N) is 3. The van der Waals surface area contributed by atoms with Gasteiger partial charge in [0.15, 0.2) is 0 Å². The van der Waals surface area contributed by atoms with Gasteiger partial charge in [-0.05, 0) is 160 Å². The Morgan fingerprint density at radius 1 is 0.304 bits per heavy atom. The summed E-state index contributed by atoms with van der Waals surface area (Å²) in [6, 6.07) is 76.1. The van der Waals surface area contributed by atoms with Gasteiger partial charge in [0.05, 0.1) is 33.4 Å². The average Bonchev–Trinajstić information content (AvgIpc) is 1.08. The van der Waals surface area contributed by atoms with Crippen LogP contribution in [0.3, 0.4) is 0 Å². The lowest BCUT2D eigenvalue weighted by atomic mass is 9.33. The van der Waals surface area contributed by atoms with E-state index in [0.29, 0.717) is 5.69 Å². The second-order valence-electron chi connectivity index (χ2n) is 29.2. The lowest BCUT2D eigenvalue weighted by Crippen LogP contribution is -2.61. The first-order chi connectivity index (χ1) is 47.5. The molecule has 4 heteroatoms. The Morgan fingerprint density at radius 3 is 1.11 bits per heavy atom. The highest BCUT2D eigenvalue weighted by atomic mass is 15.2. The molecule has 450 valence electrons. The number of hydrogen-bond acceptors (Lipinski definition) is 2. The highest BCUT2D eigenvalue weighted by molar-refractivity contribution is 7.00. The minimum Gasteiger partial charge on any atom is -0.310 e. The van der Waals surface area contributed by atoms with E-state index in [-0.39, 0.29) is 67.6 Å². The summed E-state index contributed by atoms with van der Waals surface area (Å²) in [5.41, 5.74) is 23.7. The number of rotatable bonds is 8. The van der Waals surface area contributed by atoms with Crippen LogP contribution in [0.25, 0.3) is 83.1 Å². The quantitative estimate of drug-likeness (QED) is 0.141. The molecular weight excluding hydrogens is 1110 g/mol. The highest BCUT2D eigenvalue weighted by Gasteiger charge is 2.46. The summed E-state index contributed by atoms with van der Waals surface area (Å²) < 4.78 is 76.6. The van der Waals surface area contributed by atoms with Gasteiger partial charge in [-0.15, -0.1) is 0 Å². The number of aromatic nitrogens is 1. The molecule has 0 fully saturated rings. The van der Waals surface area contributed by atoms with Gasteiger partial charge >= 0.3 is 0 Å². The van der Waals surface area contributed by atoms with Crippen molar-refractivity contribution in [2.75, 3.05) is 9.80 Å². The third kappa shape index (κ3) is 9.98. The first-order valence-electron chi connectivity index (χ1n) is 36.3. The van der Waals surface area contributed by atoms with Gasteiger partial charge in [-0.1, -0.05) is 283 Å². The number of para-hydroxylation sites is 2. The van der Waals surface area contributed by atoms with Gasteiger partial charge in [0.1, 0.15) is 0 Å². The van der Waals surface area contributed by atoms with Crippen LogP contribution in [-0.4, -0.2) is 11.3 Å². The molecule has 2 aliphatic heterocycles. The molecule has 0 aliphatic carbocycles. The van der Waals surface area contributed by atoms with Crippen LogP contribution in [0.5, 0.6) is 0 Å². The molecule has 92 heavy (non-hydrogen) atoms. The number of anilines is 6. The van der Waals surface area contributed by atoms with E-state index in [1.807, 2.05) is 6.07 Å². The Hall–Kier alpha value is -9.90. The van der Waals surface area contributed by atoms with Gasteiger partial charge in [0.25, 0.3) is 6.71 Å². The average molecular weight is 1200 g/mol. The fourth-order valence-electron chi connectivity index (χ4n) is 14.0. The zero-order valence-electron chi connectivity index (χ0n) is 62.7. The Kier molecular flexibility index (Phi) is 11.9. The molecule has 15 rings (SSSR count). The highest BCUT2D eigenvalue weighted by Crippen LogP contribution is 2.55. The Labute approximate surface area is 556 Å². The van der Waals surface area contributed by atoms with Crippen LogP contribution in [0.1, 0.15) is 116 Å². The predicted molar refractivity (Wildman–Crippen MR) is 397 cm³/mol. The Balaban J connectivity index is 1.15. The van der Waals surface area contributed by atoms with Crippen molar-refractivity contribution < 1.29 is 11.0 Å². The molecule has 0 amide bonds. The second kappa shape index (κ2) is 21.9. The summed E-state index contributed by atoms with van der Waals surface area (Å²) in [6.07, 6.45) is 0. The van der Waals surface area contributed by atoms with E-state index in [1.54, 1.807) is 4.57 Å². The van der Waals surface area contributed by atoms with E-state index in [1.165, 1.54) is 16.7 Å². The maximum atomic E-state index is 9.76. The van der Waals surface area contributed by atoms with Gasteiger partial charge in [0, 0.05) is 61.5 Å². The van der Waals surface area contributed by atoms with Crippen molar-refractivity contribution in [1.29, 1.82) is 0 Å². The third-order valence-electron chi connectivity index (χ3n) is 19.0. The normalized spacial score (nSPS) is 14.4. The van der Waals surface area contributed by atoms with Crippen LogP contribution in [0.15, 0.2) is 267 Å². The molecule has 0 radical (unpaired) electrons. The van der Waals surface area contributed by atoms with Crippen molar-refractivity contribution in [3.8, 4) is 61.3 Å². The summed E-state index contributed by atoms with van der Waals surface area (Å²) in [5, 5.41) is 0.0413. The molecule has 1 aromatic heterocycles. The Morgan fingerprint density at radius 2 is 0.696 bits per heavy atom. The SMILES string of the molecule is [2H]c1c([2H])c([2H])c2c(c1[2H])c1c([2H])c([2H])c([2H])c([2H])c1n2-c1ccc2c(c1)N(c1c(-c3ccccc3)cc(C(C)(C)C)cc1-c1ccccc1)c1cccc3c1B2c1cc(-c2cc(C(C)(C)C)cc(C(C)(C)C)c2)ccc1N3c1c(-c2ccccc2)cc(C(C)(C)C)cc1-c1ccccc1. The van der Waals surface area contributed by atoms with Crippen LogP contribution in [0.4, 0.5) is 34.1 Å². The zero-order valence-corrected chi connectivity index (χ0v) is 54.7. The molecule has 0 bridgehead atoms. The first-order valence-corrected chi connectivity index (χ1v) is 32.3. The first kappa shape index (κ1) is 49.8. The molecule has 0 N–H and O–H groups in total. The van der Waals surface area contributed by atoms with Crippen LogP contribution >= 0.6 is 0 Å². The summed E-state index contributed by atoms with van der Waals surface area (Å²) in [7, 11) is 0. The van der Waals surface area contributed by atoms with Crippen molar-refractivity contribution in [3.05, 3.63) is 289 Å². The molecule has 13 aromatic rings. The van der Waals surface area contributed by atoms with E-state index >= 15 is 0 Å². The monoisotopic (exact) mass is 1200 g/mol. The lowest BCUT2D eigenvalue weighted by molar-refractivity contribution is 0.569. The molecule has 0 saturated carbocycles. The minimum atomic E-state index is -0.491. The summed E-state index contributed by atoms with van der Waals surface area (Å²) >= 11 is 0. The molecular formula is C88H80BN3.